The van der Waals surface area contributed by atoms with Crippen molar-refractivity contribution in [3.8, 4) is 11.1 Å². The van der Waals surface area contributed by atoms with Gasteiger partial charge in [-0.25, -0.2) is 23.1 Å². The first kappa shape index (κ1) is 24.6. The van der Waals surface area contributed by atoms with Gasteiger partial charge in [0, 0.05) is 30.2 Å². The van der Waals surface area contributed by atoms with Crippen molar-refractivity contribution in [3.05, 3.63) is 65.7 Å². The fraction of sp³-hybridized carbons (Fsp3) is 0.333. The zero-order valence-corrected chi connectivity index (χ0v) is 18.9. The van der Waals surface area contributed by atoms with Crippen LogP contribution in [0.3, 0.4) is 0 Å². The number of halogens is 3. The van der Waals surface area contributed by atoms with Crippen LogP contribution in [0.4, 0.5) is 24.8 Å². The van der Waals surface area contributed by atoms with E-state index in [-0.39, 0.29) is 23.7 Å². The molecular formula is C24H24F3N5O3. The number of pyridine rings is 1. The fourth-order valence-corrected chi connectivity index (χ4v) is 3.52. The van der Waals surface area contributed by atoms with Crippen molar-refractivity contribution in [1.29, 1.82) is 0 Å². The molecule has 35 heavy (non-hydrogen) atoms. The van der Waals surface area contributed by atoms with Gasteiger partial charge >= 0.3 is 0 Å². The number of aryl methyl sites for hydroxylation is 1. The number of rotatable bonds is 8. The molecule has 1 aliphatic rings. The van der Waals surface area contributed by atoms with Crippen LogP contribution in [-0.2, 0) is 9.47 Å². The molecule has 1 aromatic carbocycles. The summed E-state index contributed by atoms with van der Waals surface area (Å²) < 4.78 is 49.8. The van der Waals surface area contributed by atoms with Gasteiger partial charge in [0.05, 0.1) is 31.6 Å². The van der Waals surface area contributed by atoms with Crippen LogP contribution in [0.5, 0.6) is 0 Å². The lowest BCUT2D eigenvalue weighted by Crippen LogP contribution is -2.39. The van der Waals surface area contributed by atoms with Gasteiger partial charge < -0.3 is 20.1 Å². The van der Waals surface area contributed by atoms with Crippen molar-refractivity contribution in [2.24, 2.45) is 0 Å². The summed E-state index contributed by atoms with van der Waals surface area (Å²) in [6, 6.07) is 10.0. The molecule has 1 fully saturated rings. The molecule has 4 rings (SSSR count). The lowest BCUT2D eigenvalue weighted by Gasteiger charge is -2.22. The molecule has 0 spiro atoms. The second-order valence-corrected chi connectivity index (χ2v) is 7.96. The van der Waals surface area contributed by atoms with Crippen molar-refractivity contribution in [3.63, 3.8) is 0 Å². The lowest BCUT2D eigenvalue weighted by atomic mass is 10.0. The van der Waals surface area contributed by atoms with E-state index in [4.69, 9.17) is 9.47 Å². The average Bonchev–Trinajstić information content (AvgIpc) is 2.87. The van der Waals surface area contributed by atoms with Crippen LogP contribution < -0.4 is 10.6 Å². The van der Waals surface area contributed by atoms with Gasteiger partial charge in [-0.1, -0.05) is 12.1 Å². The van der Waals surface area contributed by atoms with Gasteiger partial charge in [0.2, 0.25) is 12.1 Å². The predicted molar refractivity (Wildman–Crippen MR) is 122 cm³/mol. The highest BCUT2D eigenvalue weighted by atomic mass is 19.3. The molecule has 0 aliphatic carbocycles. The van der Waals surface area contributed by atoms with Gasteiger partial charge in [0.25, 0.3) is 12.3 Å². The number of benzene rings is 1. The van der Waals surface area contributed by atoms with E-state index < -0.39 is 18.3 Å². The van der Waals surface area contributed by atoms with Crippen LogP contribution in [0.1, 0.15) is 27.9 Å². The summed E-state index contributed by atoms with van der Waals surface area (Å²) in [6.45, 7) is 3.71. The molecule has 3 heterocycles. The number of carbonyl (C=O) groups is 1. The van der Waals surface area contributed by atoms with Crippen LogP contribution in [-0.4, -0.2) is 59.8 Å². The van der Waals surface area contributed by atoms with Crippen LogP contribution in [0, 0.1) is 6.92 Å². The van der Waals surface area contributed by atoms with Crippen molar-refractivity contribution >= 4 is 17.5 Å². The van der Waals surface area contributed by atoms with Gasteiger partial charge in [0.15, 0.2) is 0 Å². The molecule has 3 aromatic rings. The molecule has 2 unspecified atom stereocenters. The number of ether oxygens (including phenoxy) is 2. The number of hydrogen-bond acceptors (Lipinski definition) is 7. The molecule has 0 bridgehead atoms. The zero-order chi connectivity index (χ0) is 24.8. The van der Waals surface area contributed by atoms with E-state index in [0.717, 1.165) is 22.8 Å². The van der Waals surface area contributed by atoms with E-state index in [1.807, 2.05) is 19.1 Å². The summed E-state index contributed by atoms with van der Waals surface area (Å²) >= 11 is 0. The summed E-state index contributed by atoms with van der Waals surface area (Å²) in [4.78, 5) is 24.5. The monoisotopic (exact) mass is 487 g/mol. The third-order valence-corrected chi connectivity index (χ3v) is 5.22. The molecule has 1 aliphatic heterocycles. The molecule has 2 N–H and O–H groups in total. The van der Waals surface area contributed by atoms with E-state index in [1.165, 1.54) is 6.20 Å². The second-order valence-electron chi connectivity index (χ2n) is 7.96. The summed E-state index contributed by atoms with van der Waals surface area (Å²) in [5.74, 6) is -0.316. The lowest BCUT2D eigenvalue weighted by molar-refractivity contribution is -0.0855. The standard InChI is InChI=1S/C24H24F3N5O3/c1-14-8-16(10-17(9-14)31-24-28-5-4-19(32-24)21(25)22(26)27)15-2-3-20(29-11-15)23(33)30-12-18-13-34-6-7-35-18/h2-5,8-11,18,21-22H,6-7,12-13H2,1H3,(H,30,33)(H,28,31,32). The summed E-state index contributed by atoms with van der Waals surface area (Å²) in [6.07, 6.45) is -3.04. The Hall–Kier alpha value is -3.57. The highest BCUT2D eigenvalue weighted by Crippen LogP contribution is 2.27. The third kappa shape index (κ3) is 6.52. The summed E-state index contributed by atoms with van der Waals surface area (Å²) in [7, 11) is 0. The number of amides is 1. The smallest absolute Gasteiger partial charge is 0.275 e. The summed E-state index contributed by atoms with van der Waals surface area (Å²) in [5, 5.41) is 5.72. The number of nitrogens with one attached hydrogen (secondary N) is 2. The van der Waals surface area contributed by atoms with Crippen LogP contribution in [0.2, 0.25) is 0 Å². The topological polar surface area (TPSA) is 98.3 Å². The van der Waals surface area contributed by atoms with E-state index in [1.54, 1.807) is 24.4 Å². The van der Waals surface area contributed by atoms with Gasteiger partial charge in [0.1, 0.15) is 5.69 Å². The Morgan fingerprint density at radius 1 is 1.11 bits per heavy atom. The number of alkyl halides is 3. The Morgan fingerprint density at radius 3 is 2.69 bits per heavy atom. The number of aromatic nitrogens is 3. The first-order valence-electron chi connectivity index (χ1n) is 11.0. The van der Waals surface area contributed by atoms with E-state index in [0.29, 0.717) is 32.1 Å². The number of carbonyl (C=O) groups excluding carboxylic acids is 1. The van der Waals surface area contributed by atoms with Crippen LogP contribution in [0.25, 0.3) is 11.1 Å². The van der Waals surface area contributed by atoms with Crippen LogP contribution >= 0.6 is 0 Å². The van der Waals surface area contributed by atoms with E-state index >= 15 is 0 Å². The van der Waals surface area contributed by atoms with E-state index in [2.05, 4.69) is 25.6 Å². The maximum atomic E-state index is 13.6. The minimum atomic E-state index is -3.17. The normalized spacial score (nSPS) is 16.7. The first-order chi connectivity index (χ1) is 16.9. The molecule has 11 heteroatoms. The van der Waals surface area contributed by atoms with Gasteiger partial charge in [-0.3, -0.25) is 9.78 Å². The SMILES string of the molecule is Cc1cc(Nc2nccc(C(F)C(F)F)n2)cc(-c2ccc(C(=O)NCC3COCCO3)nc2)c1. The molecular weight excluding hydrogens is 463 g/mol. The van der Waals surface area contributed by atoms with Crippen molar-refractivity contribution in [2.75, 3.05) is 31.7 Å². The van der Waals surface area contributed by atoms with Gasteiger partial charge in [-0.15, -0.1) is 0 Å². The second kappa shape index (κ2) is 11.2. The zero-order valence-electron chi connectivity index (χ0n) is 18.9. The van der Waals surface area contributed by atoms with Crippen molar-refractivity contribution in [2.45, 2.75) is 25.6 Å². The first-order valence-corrected chi connectivity index (χ1v) is 11.0. The third-order valence-electron chi connectivity index (χ3n) is 5.22. The maximum absolute atomic E-state index is 13.6. The quantitative estimate of drug-likeness (QED) is 0.495. The Labute approximate surface area is 199 Å². The maximum Gasteiger partial charge on any atom is 0.275 e. The Morgan fingerprint density at radius 2 is 1.97 bits per heavy atom. The molecule has 0 saturated carbocycles. The largest absolute Gasteiger partial charge is 0.376 e. The van der Waals surface area contributed by atoms with E-state index in [9.17, 15) is 18.0 Å². The Kier molecular flexibility index (Phi) is 7.88. The molecule has 184 valence electrons. The fourth-order valence-electron chi connectivity index (χ4n) is 3.52. The highest BCUT2D eigenvalue weighted by molar-refractivity contribution is 5.92. The molecule has 2 atom stereocenters. The molecule has 1 saturated heterocycles. The molecule has 8 nitrogen and oxygen atoms in total. The van der Waals surface area contributed by atoms with Crippen molar-refractivity contribution < 1.29 is 27.4 Å². The molecule has 2 aromatic heterocycles. The van der Waals surface area contributed by atoms with Crippen LogP contribution in [0.15, 0.2) is 48.8 Å². The number of hydrogen-bond donors (Lipinski definition) is 2. The minimum Gasteiger partial charge on any atom is -0.376 e. The van der Waals surface area contributed by atoms with Gasteiger partial charge in [-0.05, 0) is 42.3 Å². The minimum absolute atomic E-state index is 0.000149. The molecule has 0 radical (unpaired) electrons. The number of nitrogens with zero attached hydrogens (tertiary/aromatic N) is 3. The Balaban J connectivity index is 1.44. The number of anilines is 2. The average molecular weight is 487 g/mol. The Bertz CT molecular complexity index is 1160. The van der Waals surface area contributed by atoms with Crippen molar-refractivity contribution in [1.82, 2.24) is 20.3 Å². The predicted octanol–water partition coefficient (Wildman–Crippen LogP) is 4.01. The molecule has 1 amide bonds. The summed E-state index contributed by atoms with van der Waals surface area (Å²) in [5.41, 5.74) is 2.91. The highest BCUT2D eigenvalue weighted by Gasteiger charge is 2.23. The van der Waals surface area contributed by atoms with Gasteiger partial charge in [-0.2, -0.15) is 0 Å².